The number of hydrogen-bond donors (Lipinski definition) is 3. The van der Waals surface area contributed by atoms with Gasteiger partial charge in [0.15, 0.2) is 0 Å². The van der Waals surface area contributed by atoms with Gasteiger partial charge >= 0.3 is 0 Å². The Morgan fingerprint density at radius 1 is 1.55 bits per heavy atom. The summed E-state index contributed by atoms with van der Waals surface area (Å²) in [6.07, 6.45) is 3.03. The van der Waals surface area contributed by atoms with Gasteiger partial charge in [-0.3, -0.25) is 14.9 Å². The Labute approximate surface area is 118 Å². The molecule has 1 aliphatic heterocycles. The van der Waals surface area contributed by atoms with Gasteiger partial charge in [-0.2, -0.15) is 0 Å². The van der Waals surface area contributed by atoms with Crippen LogP contribution in [-0.2, 0) is 22.6 Å². The van der Waals surface area contributed by atoms with E-state index in [-0.39, 0.29) is 24.4 Å². The number of aromatic nitrogens is 2. The highest BCUT2D eigenvalue weighted by Crippen LogP contribution is 2.14. The first-order chi connectivity index (χ1) is 9.65. The molecule has 0 spiro atoms. The van der Waals surface area contributed by atoms with Crippen LogP contribution >= 0.6 is 0 Å². The number of rotatable bonds is 5. The lowest BCUT2D eigenvalue weighted by molar-refractivity contribution is -0.137. The molecule has 2 heterocycles. The second-order valence-electron chi connectivity index (χ2n) is 4.90. The molecule has 1 aromatic rings. The Morgan fingerprint density at radius 2 is 2.35 bits per heavy atom. The van der Waals surface area contributed by atoms with E-state index in [2.05, 4.69) is 20.6 Å². The highest BCUT2D eigenvalue weighted by molar-refractivity contribution is 5.87. The largest absolute Gasteiger partial charge is 0.358 e. The summed E-state index contributed by atoms with van der Waals surface area (Å²) >= 11 is 0. The maximum Gasteiger partial charge on any atom is 0.240 e. The fraction of sp³-hybridized carbons (Fsp3) is 0.615. The van der Waals surface area contributed by atoms with Crippen molar-refractivity contribution in [3.63, 3.8) is 0 Å². The maximum absolute atomic E-state index is 12.5. The van der Waals surface area contributed by atoms with Crippen molar-refractivity contribution in [2.45, 2.75) is 32.4 Å². The lowest BCUT2D eigenvalue weighted by Gasteiger charge is -2.29. The lowest BCUT2D eigenvalue weighted by atomic mass is 10.0. The number of likely N-dealkylation sites (N-methyl/N-ethyl adjacent to an activating group) is 1. The number of carbonyl (C=O) groups is 2. The Morgan fingerprint density at radius 3 is 3.05 bits per heavy atom. The lowest BCUT2D eigenvalue weighted by Crippen LogP contribution is -2.51. The molecule has 0 saturated heterocycles. The summed E-state index contributed by atoms with van der Waals surface area (Å²) in [6.45, 7) is 3.28. The maximum atomic E-state index is 12.5. The molecule has 3 N–H and O–H groups in total. The van der Waals surface area contributed by atoms with Gasteiger partial charge in [0.1, 0.15) is 0 Å². The highest BCUT2D eigenvalue weighted by atomic mass is 16.2. The first kappa shape index (κ1) is 14.5. The molecule has 110 valence electrons. The van der Waals surface area contributed by atoms with E-state index < -0.39 is 0 Å². The molecule has 0 aliphatic carbocycles. The van der Waals surface area contributed by atoms with Crippen molar-refractivity contribution < 1.29 is 9.59 Å². The number of nitrogens with zero attached hydrogens (tertiary/aromatic N) is 2. The van der Waals surface area contributed by atoms with E-state index in [1.807, 2.05) is 6.92 Å². The molecule has 7 heteroatoms. The van der Waals surface area contributed by atoms with Gasteiger partial charge < -0.3 is 15.2 Å². The third kappa shape index (κ3) is 3.16. The number of imidazole rings is 1. The predicted molar refractivity (Wildman–Crippen MR) is 73.9 cm³/mol. The van der Waals surface area contributed by atoms with Gasteiger partial charge in [-0.25, -0.2) is 4.98 Å². The van der Waals surface area contributed by atoms with Gasteiger partial charge in [0, 0.05) is 26.6 Å². The van der Waals surface area contributed by atoms with Gasteiger partial charge in [0.2, 0.25) is 11.8 Å². The van der Waals surface area contributed by atoms with Gasteiger partial charge in [-0.1, -0.05) is 6.92 Å². The minimum atomic E-state index is -0.304. The van der Waals surface area contributed by atoms with Gasteiger partial charge in [0.25, 0.3) is 0 Å². The molecule has 2 rings (SSSR count). The molecule has 0 radical (unpaired) electrons. The molecule has 7 nitrogen and oxygen atoms in total. The second kappa shape index (κ2) is 6.51. The Bertz CT molecular complexity index is 485. The average molecular weight is 279 g/mol. The Balaban J connectivity index is 2.02. The topological polar surface area (TPSA) is 90.1 Å². The fourth-order valence-corrected chi connectivity index (χ4v) is 2.35. The number of carbonyl (C=O) groups excluding carboxylic acids is 2. The summed E-state index contributed by atoms with van der Waals surface area (Å²) in [4.78, 5) is 32.9. The molecular weight excluding hydrogens is 258 g/mol. The zero-order valence-corrected chi connectivity index (χ0v) is 11.9. The zero-order chi connectivity index (χ0) is 14.5. The van der Waals surface area contributed by atoms with E-state index in [1.165, 1.54) is 0 Å². The van der Waals surface area contributed by atoms with Crippen LogP contribution in [0.1, 0.15) is 24.7 Å². The number of amides is 2. The van der Waals surface area contributed by atoms with Crippen molar-refractivity contribution in [2.75, 3.05) is 20.1 Å². The van der Waals surface area contributed by atoms with Crippen molar-refractivity contribution in [3.8, 4) is 0 Å². The third-order valence-corrected chi connectivity index (χ3v) is 3.45. The number of hydrogen-bond acceptors (Lipinski definition) is 4. The normalized spacial score (nSPS) is 17.4. The standard InChI is InChI=1S/C13H21N5O2/c1-3-4-18(7-12(19)14-2)13(20)10-5-9-11(6-15-10)17-8-16-9/h8,10,15H,3-7H2,1-2H3,(H,14,19)(H,16,17). The highest BCUT2D eigenvalue weighted by Gasteiger charge is 2.29. The van der Waals surface area contributed by atoms with Crippen LogP contribution in [0.25, 0.3) is 0 Å². The van der Waals surface area contributed by atoms with Crippen molar-refractivity contribution in [1.82, 2.24) is 25.5 Å². The van der Waals surface area contributed by atoms with E-state index in [0.717, 1.165) is 17.8 Å². The van der Waals surface area contributed by atoms with Crippen molar-refractivity contribution in [2.24, 2.45) is 0 Å². The number of nitrogens with one attached hydrogen (secondary N) is 3. The molecule has 0 saturated carbocycles. The summed E-state index contributed by atoms with van der Waals surface area (Å²) in [5.41, 5.74) is 1.96. The van der Waals surface area contributed by atoms with E-state index in [9.17, 15) is 9.59 Å². The quantitative estimate of drug-likeness (QED) is 0.672. The Hall–Kier alpha value is -1.89. The molecule has 1 aromatic heterocycles. The zero-order valence-electron chi connectivity index (χ0n) is 11.9. The predicted octanol–water partition coefficient (Wildman–Crippen LogP) is -0.591. The minimum absolute atomic E-state index is 0.0379. The molecule has 0 fully saturated rings. The van der Waals surface area contributed by atoms with E-state index in [0.29, 0.717) is 19.5 Å². The molecular formula is C13H21N5O2. The van der Waals surface area contributed by atoms with Crippen LogP contribution in [-0.4, -0.2) is 52.9 Å². The van der Waals surface area contributed by atoms with Gasteiger partial charge in [-0.15, -0.1) is 0 Å². The minimum Gasteiger partial charge on any atom is -0.358 e. The number of H-pyrrole nitrogens is 1. The summed E-state index contributed by atoms with van der Waals surface area (Å²) in [5.74, 6) is -0.188. The summed E-state index contributed by atoms with van der Waals surface area (Å²) in [5, 5.41) is 5.75. The van der Waals surface area contributed by atoms with Crippen molar-refractivity contribution in [1.29, 1.82) is 0 Å². The summed E-state index contributed by atoms with van der Waals surface area (Å²) in [7, 11) is 1.58. The van der Waals surface area contributed by atoms with Crippen LogP contribution in [0.15, 0.2) is 6.33 Å². The smallest absolute Gasteiger partial charge is 0.240 e. The van der Waals surface area contributed by atoms with Crippen LogP contribution in [0.3, 0.4) is 0 Å². The van der Waals surface area contributed by atoms with Crippen LogP contribution in [0.2, 0.25) is 0 Å². The van der Waals surface area contributed by atoms with Crippen LogP contribution in [0.4, 0.5) is 0 Å². The summed E-state index contributed by atoms with van der Waals surface area (Å²) < 4.78 is 0. The van der Waals surface area contributed by atoms with Crippen LogP contribution in [0, 0.1) is 0 Å². The van der Waals surface area contributed by atoms with E-state index in [4.69, 9.17) is 0 Å². The van der Waals surface area contributed by atoms with Crippen LogP contribution in [0.5, 0.6) is 0 Å². The molecule has 20 heavy (non-hydrogen) atoms. The number of aromatic amines is 1. The van der Waals surface area contributed by atoms with Crippen molar-refractivity contribution >= 4 is 11.8 Å². The van der Waals surface area contributed by atoms with Crippen LogP contribution < -0.4 is 10.6 Å². The Kier molecular flexibility index (Phi) is 4.73. The van der Waals surface area contributed by atoms with E-state index >= 15 is 0 Å². The first-order valence-electron chi connectivity index (χ1n) is 6.89. The van der Waals surface area contributed by atoms with Crippen molar-refractivity contribution in [3.05, 3.63) is 17.7 Å². The number of fused-ring (bicyclic) bond motifs is 1. The molecule has 1 unspecified atom stereocenters. The molecule has 2 amide bonds. The third-order valence-electron chi connectivity index (χ3n) is 3.45. The molecule has 1 atom stereocenters. The second-order valence-corrected chi connectivity index (χ2v) is 4.90. The first-order valence-corrected chi connectivity index (χ1v) is 6.89. The van der Waals surface area contributed by atoms with Gasteiger partial charge in [0.05, 0.1) is 30.3 Å². The average Bonchev–Trinajstić information content (AvgIpc) is 2.93. The summed E-state index contributed by atoms with van der Waals surface area (Å²) in [6, 6.07) is -0.304. The SMILES string of the molecule is CCCN(CC(=O)NC)C(=O)C1Cc2nc[nH]c2CN1. The molecule has 0 bridgehead atoms. The molecule has 1 aliphatic rings. The molecule has 0 aromatic carbocycles. The monoisotopic (exact) mass is 279 g/mol. The fourth-order valence-electron chi connectivity index (χ4n) is 2.35. The van der Waals surface area contributed by atoms with Gasteiger partial charge in [-0.05, 0) is 6.42 Å². The van der Waals surface area contributed by atoms with E-state index in [1.54, 1.807) is 18.3 Å².